The van der Waals surface area contributed by atoms with Crippen LogP contribution in [-0.4, -0.2) is 0 Å². The number of benzene rings is 3. The van der Waals surface area contributed by atoms with Gasteiger partial charge in [-0.1, -0.05) is 83.1 Å². The second-order valence-electron chi connectivity index (χ2n) is 8.98. The molecule has 0 spiro atoms. The van der Waals surface area contributed by atoms with Gasteiger partial charge in [0.25, 0.3) is 0 Å². The molecule has 1 aliphatic rings. The van der Waals surface area contributed by atoms with E-state index in [9.17, 15) is 0 Å². The smallest absolute Gasteiger partial charge is 0.0397 e. The summed E-state index contributed by atoms with van der Waals surface area (Å²) in [6.45, 7) is 11.3. The molecule has 3 aromatic carbocycles. The topological polar surface area (TPSA) is 26.0 Å². The minimum absolute atomic E-state index is 0.00529. The highest BCUT2D eigenvalue weighted by Crippen LogP contribution is 2.50. The fourth-order valence-electron chi connectivity index (χ4n) is 4.16. The molecule has 0 aromatic heterocycles. The van der Waals surface area contributed by atoms with Crippen molar-refractivity contribution >= 4 is 5.69 Å². The van der Waals surface area contributed by atoms with Crippen LogP contribution in [0, 0.1) is 0 Å². The molecule has 0 atom stereocenters. The van der Waals surface area contributed by atoms with Crippen LogP contribution in [0.25, 0.3) is 22.3 Å². The van der Waals surface area contributed by atoms with Crippen molar-refractivity contribution in [1.29, 1.82) is 0 Å². The monoisotopic (exact) mass is 341 g/mol. The lowest BCUT2D eigenvalue weighted by Gasteiger charge is -2.22. The van der Waals surface area contributed by atoms with Gasteiger partial charge in [-0.05, 0) is 50.9 Å². The number of rotatable bonds is 1. The van der Waals surface area contributed by atoms with Crippen molar-refractivity contribution in [3.63, 3.8) is 0 Å². The average Bonchev–Trinajstić information content (AvgIpc) is 2.82. The van der Waals surface area contributed by atoms with Gasteiger partial charge < -0.3 is 5.73 Å². The van der Waals surface area contributed by atoms with Crippen LogP contribution in [0.5, 0.6) is 0 Å². The number of hydrogen-bond donors (Lipinski definition) is 1. The summed E-state index contributed by atoms with van der Waals surface area (Å²) in [5, 5.41) is 0. The first kappa shape index (κ1) is 16.9. The number of nitrogens with two attached hydrogens (primary N) is 1. The summed E-state index contributed by atoms with van der Waals surface area (Å²) in [6.07, 6.45) is 0. The Kier molecular flexibility index (Phi) is 3.56. The molecule has 0 aliphatic heterocycles. The molecule has 1 heteroatoms. The largest absolute Gasteiger partial charge is 0.398 e. The number of fused-ring (bicyclic) bond motifs is 3. The predicted molar refractivity (Wildman–Crippen MR) is 113 cm³/mol. The Labute approximate surface area is 156 Å². The van der Waals surface area contributed by atoms with Gasteiger partial charge in [0.15, 0.2) is 0 Å². The molecule has 1 nitrogen and oxygen atoms in total. The molecule has 2 N–H and O–H groups in total. The maximum absolute atomic E-state index is 6.51. The van der Waals surface area contributed by atoms with Crippen LogP contribution in [-0.2, 0) is 10.8 Å². The summed E-state index contributed by atoms with van der Waals surface area (Å²) >= 11 is 0. The van der Waals surface area contributed by atoms with Crippen molar-refractivity contribution in [2.24, 2.45) is 0 Å². The SMILES string of the molecule is CC(C)(C)c1ccc(-c2cc3c(cc2N)C(C)(C)c2ccccc2-3)cc1. The van der Waals surface area contributed by atoms with Crippen LogP contribution in [0.1, 0.15) is 51.3 Å². The van der Waals surface area contributed by atoms with Gasteiger partial charge in [0.1, 0.15) is 0 Å². The van der Waals surface area contributed by atoms with E-state index in [1.54, 1.807) is 0 Å². The van der Waals surface area contributed by atoms with E-state index in [4.69, 9.17) is 5.73 Å². The second kappa shape index (κ2) is 5.48. The molecule has 1 aliphatic carbocycles. The van der Waals surface area contributed by atoms with Crippen molar-refractivity contribution < 1.29 is 0 Å². The molecule has 0 radical (unpaired) electrons. The van der Waals surface area contributed by atoms with Crippen molar-refractivity contribution in [3.8, 4) is 22.3 Å². The van der Waals surface area contributed by atoms with Gasteiger partial charge >= 0.3 is 0 Å². The Hall–Kier alpha value is -2.54. The van der Waals surface area contributed by atoms with Crippen LogP contribution >= 0.6 is 0 Å². The second-order valence-corrected chi connectivity index (χ2v) is 8.98. The van der Waals surface area contributed by atoms with Crippen molar-refractivity contribution in [2.75, 3.05) is 5.73 Å². The van der Waals surface area contributed by atoms with Crippen LogP contribution in [0.3, 0.4) is 0 Å². The van der Waals surface area contributed by atoms with E-state index in [-0.39, 0.29) is 10.8 Å². The van der Waals surface area contributed by atoms with Gasteiger partial charge in [-0.15, -0.1) is 0 Å². The molecule has 0 unspecified atom stereocenters. The van der Waals surface area contributed by atoms with Gasteiger partial charge in [0, 0.05) is 16.7 Å². The van der Waals surface area contributed by atoms with E-state index in [0.717, 1.165) is 11.3 Å². The van der Waals surface area contributed by atoms with E-state index in [1.807, 2.05) is 0 Å². The molecule has 0 amide bonds. The standard InChI is InChI=1S/C25H27N/c1-24(2,3)17-12-10-16(11-13-17)19-14-20-18-8-6-7-9-21(18)25(4,5)22(20)15-23(19)26/h6-15H,26H2,1-5H3. The summed E-state index contributed by atoms with van der Waals surface area (Å²) in [4.78, 5) is 0. The van der Waals surface area contributed by atoms with Crippen LogP contribution < -0.4 is 5.73 Å². The summed E-state index contributed by atoms with van der Waals surface area (Å²) in [6, 6.07) is 22.0. The molecular weight excluding hydrogens is 314 g/mol. The summed E-state index contributed by atoms with van der Waals surface area (Å²) < 4.78 is 0. The molecule has 26 heavy (non-hydrogen) atoms. The normalized spacial score (nSPS) is 14.8. The molecule has 0 fully saturated rings. The van der Waals surface area contributed by atoms with Gasteiger partial charge in [0.2, 0.25) is 0 Å². The summed E-state index contributed by atoms with van der Waals surface area (Å²) in [5.41, 5.74) is 16.5. The van der Waals surface area contributed by atoms with E-state index in [1.165, 1.54) is 33.4 Å². The fraction of sp³-hybridized carbons (Fsp3) is 0.280. The number of nitrogen functional groups attached to an aromatic ring is 1. The molecule has 3 aromatic rings. The molecule has 0 bridgehead atoms. The minimum Gasteiger partial charge on any atom is -0.398 e. The first-order valence-corrected chi connectivity index (χ1v) is 9.34. The maximum atomic E-state index is 6.51. The Morgan fingerprint density at radius 1 is 0.731 bits per heavy atom. The Balaban J connectivity index is 1.87. The molecular formula is C25H27N. The van der Waals surface area contributed by atoms with Crippen molar-refractivity contribution in [2.45, 2.75) is 45.4 Å². The molecule has 0 saturated heterocycles. The predicted octanol–water partition coefficient (Wildman–Crippen LogP) is 6.54. The third-order valence-electron chi connectivity index (χ3n) is 5.82. The highest BCUT2D eigenvalue weighted by molar-refractivity contribution is 5.89. The first-order valence-electron chi connectivity index (χ1n) is 9.34. The zero-order chi connectivity index (χ0) is 18.7. The number of hydrogen-bond acceptors (Lipinski definition) is 1. The molecule has 4 rings (SSSR count). The van der Waals surface area contributed by atoms with E-state index in [2.05, 4.69) is 95.3 Å². The lowest BCUT2D eigenvalue weighted by Crippen LogP contribution is -2.15. The van der Waals surface area contributed by atoms with E-state index in [0.29, 0.717) is 0 Å². The first-order chi connectivity index (χ1) is 12.2. The maximum Gasteiger partial charge on any atom is 0.0397 e. The minimum atomic E-state index is -0.00529. The Bertz CT molecular complexity index is 986. The zero-order valence-corrected chi connectivity index (χ0v) is 16.4. The highest BCUT2D eigenvalue weighted by atomic mass is 14.6. The average molecular weight is 341 g/mol. The van der Waals surface area contributed by atoms with Crippen LogP contribution in [0.15, 0.2) is 60.7 Å². The van der Waals surface area contributed by atoms with Crippen molar-refractivity contribution in [1.82, 2.24) is 0 Å². The molecule has 132 valence electrons. The van der Waals surface area contributed by atoms with Crippen LogP contribution in [0.4, 0.5) is 5.69 Å². The summed E-state index contributed by atoms with van der Waals surface area (Å²) in [5.74, 6) is 0. The molecule has 0 saturated carbocycles. The van der Waals surface area contributed by atoms with Gasteiger partial charge in [-0.2, -0.15) is 0 Å². The number of anilines is 1. The highest BCUT2D eigenvalue weighted by Gasteiger charge is 2.35. The van der Waals surface area contributed by atoms with Gasteiger partial charge in [-0.3, -0.25) is 0 Å². The summed E-state index contributed by atoms with van der Waals surface area (Å²) in [7, 11) is 0. The van der Waals surface area contributed by atoms with Gasteiger partial charge in [-0.25, -0.2) is 0 Å². The molecule has 0 heterocycles. The lowest BCUT2D eigenvalue weighted by molar-refractivity contribution is 0.590. The third-order valence-corrected chi connectivity index (χ3v) is 5.82. The van der Waals surface area contributed by atoms with E-state index >= 15 is 0 Å². The lowest BCUT2D eigenvalue weighted by atomic mass is 9.81. The van der Waals surface area contributed by atoms with E-state index < -0.39 is 0 Å². The zero-order valence-electron chi connectivity index (χ0n) is 16.4. The fourth-order valence-corrected chi connectivity index (χ4v) is 4.16. The van der Waals surface area contributed by atoms with Crippen molar-refractivity contribution in [3.05, 3.63) is 77.4 Å². The third kappa shape index (κ3) is 2.46. The Morgan fingerprint density at radius 2 is 1.38 bits per heavy atom. The quantitative estimate of drug-likeness (QED) is 0.500. The Morgan fingerprint density at radius 3 is 2.04 bits per heavy atom. The van der Waals surface area contributed by atoms with Crippen LogP contribution in [0.2, 0.25) is 0 Å². The van der Waals surface area contributed by atoms with Gasteiger partial charge in [0.05, 0.1) is 0 Å².